The molecule has 0 fully saturated rings. The quantitative estimate of drug-likeness (QED) is 0.508. The minimum atomic E-state index is -0.481. The van der Waals surface area contributed by atoms with Gasteiger partial charge in [-0.15, -0.1) is 23.2 Å². The molecule has 0 aromatic rings. The van der Waals surface area contributed by atoms with Crippen molar-refractivity contribution >= 4 is 23.2 Å². The molecule has 2 nitrogen and oxygen atoms in total. The molecule has 56 valence electrons. The summed E-state index contributed by atoms with van der Waals surface area (Å²) in [7, 11) is 1.75. The van der Waals surface area contributed by atoms with E-state index in [2.05, 4.69) is 0 Å². The van der Waals surface area contributed by atoms with Crippen LogP contribution in [0.2, 0.25) is 0 Å². The molecule has 0 bridgehead atoms. The third kappa shape index (κ3) is 4.97. The first-order valence-electron chi connectivity index (χ1n) is 2.70. The van der Waals surface area contributed by atoms with Crippen LogP contribution >= 0.6 is 23.2 Å². The fraction of sp³-hybridized carbons (Fsp3) is 1.00. The van der Waals surface area contributed by atoms with Gasteiger partial charge in [-0.3, -0.25) is 4.90 Å². The van der Waals surface area contributed by atoms with E-state index in [9.17, 15) is 0 Å². The molecule has 0 aliphatic carbocycles. The third-order valence-corrected chi connectivity index (χ3v) is 1.34. The van der Waals surface area contributed by atoms with Crippen molar-refractivity contribution in [3.63, 3.8) is 0 Å². The monoisotopic (exact) mass is 171 g/mol. The van der Waals surface area contributed by atoms with E-state index in [0.717, 1.165) is 0 Å². The first-order valence-corrected chi connectivity index (χ1v) is 3.57. The molecule has 1 unspecified atom stereocenters. The Morgan fingerprint density at radius 1 is 1.56 bits per heavy atom. The zero-order valence-corrected chi connectivity index (χ0v) is 7.02. The van der Waals surface area contributed by atoms with E-state index in [1.165, 1.54) is 0 Å². The van der Waals surface area contributed by atoms with Crippen LogP contribution in [0, 0.1) is 0 Å². The van der Waals surface area contributed by atoms with Gasteiger partial charge in [-0.05, 0) is 14.0 Å². The summed E-state index contributed by atoms with van der Waals surface area (Å²) in [6, 6.07) is 0. The number of halogens is 2. The van der Waals surface area contributed by atoms with Crippen molar-refractivity contribution in [1.29, 1.82) is 0 Å². The molecule has 0 aromatic carbocycles. The normalized spacial score (nSPS) is 15.0. The van der Waals surface area contributed by atoms with E-state index in [4.69, 9.17) is 28.3 Å². The second-order valence-corrected chi connectivity index (χ2v) is 3.24. The average molecular weight is 172 g/mol. The van der Waals surface area contributed by atoms with Crippen molar-refractivity contribution in [1.82, 2.24) is 4.90 Å². The number of rotatable bonds is 3. The highest BCUT2D eigenvalue weighted by atomic mass is 35.5. The SMILES string of the molecule is CC(O)N(C)CC(Cl)Cl. The van der Waals surface area contributed by atoms with Crippen molar-refractivity contribution in [3.05, 3.63) is 0 Å². The van der Waals surface area contributed by atoms with Crippen LogP contribution in [0.5, 0.6) is 0 Å². The molecule has 0 heterocycles. The number of aliphatic hydroxyl groups excluding tert-OH is 1. The molecule has 1 atom stereocenters. The van der Waals surface area contributed by atoms with Crippen LogP contribution in [0.15, 0.2) is 0 Å². The molecule has 0 aliphatic heterocycles. The Morgan fingerprint density at radius 3 is 2.11 bits per heavy atom. The average Bonchev–Trinajstić information content (AvgIpc) is 1.63. The Balaban J connectivity index is 3.38. The summed E-state index contributed by atoms with van der Waals surface area (Å²) in [4.78, 5) is 1.23. The Kier molecular flexibility index (Phi) is 4.58. The topological polar surface area (TPSA) is 23.5 Å². The van der Waals surface area contributed by atoms with Crippen molar-refractivity contribution in [2.45, 2.75) is 18.0 Å². The van der Waals surface area contributed by atoms with Crippen molar-refractivity contribution in [2.24, 2.45) is 0 Å². The van der Waals surface area contributed by atoms with E-state index in [1.807, 2.05) is 0 Å². The minimum Gasteiger partial charge on any atom is -0.379 e. The van der Waals surface area contributed by atoms with Crippen LogP contribution < -0.4 is 0 Å². The van der Waals surface area contributed by atoms with Crippen molar-refractivity contribution in [3.8, 4) is 0 Å². The highest BCUT2D eigenvalue weighted by molar-refractivity contribution is 6.44. The van der Waals surface area contributed by atoms with Crippen LogP contribution in [0.1, 0.15) is 6.92 Å². The Labute approximate surface area is 65.4 Å². The summed E-state index contributed by atoms with van der Waals surface area (Å²) < 4.78 is 0. The molecule has 4 heteroatoms. The highest BCUT2D eigenvalue weighted by Gasteiger charge is 2.07. The first-order chi connectivity index (χ1) is 4.04. The number of nitrogens with zero attached hydrogens (tertiary/aromatic N) is 1. The van der Waals surface area contributed by atoms with E-state index >= 15 is 0 Å². The molecule has 0 aromatic heterocycles. The minimum absolute atomic E-state index is 0.426. The molecular formula is C5H11Cl2NO. The van der Waals surface area contributed by atoms with Crippen LogP contribution in [0.3, 0.4) is 0 Å². The van der Waals surface area contributed by atoms with E-state index < -0.39 is 11.1 Å². The molecule has 0 saturated carbocycles. The number of alkyl halides is 2. The summed E-state index contributed by atoms with van der Waals surface area (Å²) in [5, 5.41) is 8.88. The summed E-state index contributed by atoms with van der Waals surface area (Å²) in [5.74, 6) is 0. The van der Waals surface area contributed by atoms with Gasteiger partial charge in [0.05, 0.1) is 0 Å². The Hall–Kier alpha value is 0.500. The highest BCUT2D eigenvalue weighted by Crippen LogP contribution is 2.04. The maximum absolute atomic E-state index is 8.88. The third-order valence-electron chi connectivity index (χ3n) is 1.06. The predicted molar refractivity (Wildman–Crippen MR) is 39.8 cm³/mol. The lowest BCUT2D eigenvalue weighted by Gasteiger charge is -2.19. The van der Waals surface area contributed by atoms with Crippen LogP contribution in [0.4, 0.5) is 0 Å². The second kappa shape index (κ2) is 4.34. The van der Waals surface area contributed by atoms with Gasteiger partial charge in [0.1, 0.15) is 11.1 Å². The van der Waals surface area contributed by atoms with Gasteiger partial charge in [-0.25, -0.2) is 0 Å². The van der Waals surface area contributed by atoms with Crippen LogP contribution in [-0.4, -0.2) is 34.7 Å². The van der Waals surface area contributed by atoms with Gasteiger partial charge < -0.3 is 5.11 Å². The fourth-order valence-electron chi connectivity index (χ4n) is 0.370. The van der Waals surface area contributed by atoms with Gasteiger partial charge in [0.25, 0.3) is 0 Å². The molecule has 0 rings (SSSR count). The lowest BCUT2D eigenvalue weighted by atomic mass is 10.5. The first kappa shape index (κ1) is 9.50. The number of hydrogen-bond donors (Lipinski definition) is 1. The predicted octanol–water partition coefficient (Wildman–Crippen LogP) is 1.06. The van der Waals surface area contributed by atoms with Crippen molar-refractivity contribution in [2.75, 3.05) is 13.6 Å². The summed E-state index contributed by atoms with van der Waals surface area (Å²) in [6.45, 7) is 2.15. The smallest absolute Gasteiger partial charge is 0.120 e. The number of aliphatic hydroxyl groups is 1. The molecular weight excluding hydrogens is 161 g/mol. The fourth-order valence-corrected chi connectivity index (χ4v) is 0.806. The van der Waals surface area contributed by atoms with Crippen LogP contribution in [0.25, 0.3) is 0 Å². The van der Waals surface area contributed by atoms with Gasteiger partial charge in [0.15, 0.2) is 0 Å². The molecule has 0 amide bonds. The van der Waals surface area contributed by atoms with Gasteiger partial charge in [-0.2, -0.15) is 0 Å². The van der Waals surface area contributed by atoms with Gasteiger partial charge in [-0.1, -0.05) is 0 Å². The Bertz CT molecular complexity index is 77.4. The molecule has 0 saturated heterocycles. The van der Waals surface area contributed by atoms with E-state index in [1.54, 1.807) is 18.9 Å². The maximum Gasteiger partial charge on any atom is 0.120 e. The van der Waals surface area contributed by atoms with Gasteiger partial charge in [0.2, 0.25) is 0 Å². The molecule has 0 aliphatic rings. The molecule has 1 N–H and O–H groups in total. The zero-order chi connectivity index (χ0) is 7.44. The standard InChI is InChI=1S/C5H11Cl2NO/c1-4(9)8(2)3-5(6)7/h4-5,9H,3H2,1-2H3. The second-order valence-electron chi connectivity index (χ2n) is 1.96. The van der Waals surface area contributed by atoms with E-state index in [0.29, 0.717) is 6.54 Å². The lowest BCUT2D eigenvalue weighted by molar-refractivity contribution is 0.0415. The molecule has 9 heavy (non-hydrogen) atoms. The van der Waals surface area contributed by atoms with Gasteiger partial charge in [0, 0.05) is 6.54 Å². The van der Waals surface area contributed by atoms with Crippen molar-refractivity contribution < 1.29 is 5.11 Å². The Morgan fingerprint density at radius 2 is 2.00 bits per heavy atom. The summed E-state index contributed by atoms with van der Waals surface area (Å²) >= 11 is 10.9. The van der Waals surface area contributed by atoms with E-state index in [-0.39, 0.29) is 0 Å². The largest absolute Gasteiger partial charge is 0.379 e. The zero-order valence-electron chi connectivity index (χ0n) is 5.51. The van der Waals surface area contributed by atoms with Crippen LogP contribution in [-0.2, 0) is 0 Å². The molecule has 0 spiro atoms. The number of hydrogen-bond acceptors (Lipinski definition) is 2. The lowest BCUT2D eigenvalue weighted by Crippen LogP contribution is -2.32. The maximum atomic E-state index is 8.88. The summed E-state index contributed by atoms with van der Waals surface area (Å²) in [5.41, 5.74) is 0. The van der Waals surface area contributed by atoms with Gasteiger partial charge >= 0.3 is 0 Å². The summed E-state index contributed by atoms with van der Waals surface area (Å²) in [6.07, 6.45) is -0.481. The molecule has 0 radical (unpaired) electrons.